The summed E-state index contributed by atoms with van der Waals surface area (Å²) in [5, 5.41) is 9.15. The molecule has 0 saturated heterocycles. The van der Waals surface area contributed by atoms with Gasteiger partial charge in [0.2, 0.25) is 0 Å². The van der Waals surface area contributed by atoms with E-state index in [4.69, 9.17) is 15.6 Å². The van der Waals surface area contributed by atoms with E-state index in [-0.39, 0.29) is 18.1 Å². The Kier molecular flexibility index (Phi) is 5.83. The summed E-state index contributed by atoms with van der Waals surface area (Å²) in [4.78, 5) is 24.3. The second-order valence-electron chi connectivity index (χ2n) is 4.51. The van der Waals surface area contributed by atoms with Crippen molar-refractivity contribution in [3.8, 4) is 0 Å². The van der Waals surface area contributed by atoms with Gasteiger partial charge in [0.15, 0.2) is 0 Å². The number of nitrogens with two attached hydrogens (primary N) is 1. The third-order valence-electron chi connectivity index (χ3n) is 2.79. The van der Waals surface area contributed by atoms with Crippen molar-refractivity contribution in [1.82, 2.24) is 0 Å². The molecule has 0 aliphatic rings. The minimum atomic E-state index is -1.08. The minimum Gasteiger partial charge on any atom is -0.478 e. The van der Waals surface area contributed by atoms with Crippen LogP contribution >= 0.6 is 0 Å². The Morgan fingerprint density at radius 3 is 2.70 bits per heavy atom. The van der Waals surface area contributed by atoms with E-state index in [1.807, 2.05) is 6.92 Å². The van der Waals surface area contributed by atoms with Gasteiger partial charge in [0, 0.05) is 12.7 Å². The lowest BCUT2D eigenvalue weighted by Gasteiger charge is -2.20. The summed E-state index contributed by atoms with van der Waals surface area (Å²) in [6, 6.07) is 4.55. The smallest absolute Gasteiger partial charge is 0.337 e. The quantitative estimate of drug-likeness (QED) is 0.449. The molecule has 20 heavy (non-hydrogen) atoms. The van der Waals surface area contributed by atoms with Crippen LogP contribution in [0.1, 0.15) is 30.1 Å². The summed E-state index contributed by atoms with van der Waals surface area (Å²) in [5.74, 6) is -1.47. The minimum absolute atomic E-state index is 0.00604. The van der Waals surface area contributed by atoms with E-state index in [9.17, 15) is 9.59 Å². The second kappa shape index (κ2) is 7.37. The van der Waals surface area contributed by atoms with Gasteiger partial charge in [-0.15, -0.1) is 0 Å². The highest BCUT2D eigenvalue weighted by atomic mass is 16.5. The number of likely N-dealkylation sites (N-methyl/N-ethyl adjacent to an activating group) is 1. The maximum Gasteiger partial charge on any atom is 0.337 e. The number of rotatable bonds is 7. The fourth-order valence-corrected chi connectivity index (χ4v) is 1.71. The number of anilines is 2. The number of unbranched alkanes of at least 4 members (excludes halogenated alkanes) is 1. The monoisotopic (exact) mass is 280 g/mol. The van der Waals surface area contributed by atoms with Gasteiger partial charge in [-0.25, -0.2) is 4.79 Å². The molecule has 0 amide bonds. The van der Waals surface area contributed by atoms with Crippen molar-refractivity contribution in [2.45, 2.75) is 19.8 Å². The van der Waals surface area contributed by atoms with Gasteiger partial charge >= 0.3 is 11.9 Å². The molecule has 1 aromatic rings. The molecule has 0 heterocycles. The number of nitrogens with zero attached hydrogens (tertiary/aromatic N) is 1. The van der Waals surface area contributed by atoms with Gasteiger partial charge in [0.1, 0.15) is 6.54 Å². The molecular weight excluding hydrogens is 260 g/mol. The van der Waals surface area contributed by atoms with E-state index in [0.29, 0.717) is 18.0 Å². The van der Waals surface area contributed by atoms with Crippen LogP contribution in [0.25, 0.3) is 0 Å². The molecule has 0 aromatic heterocycles. The van der Waals surface area contributed by atoms with Gasteiger partial charge in [0.25, 0.3) is 0 Å². The molecule has 0 fully saturated rings. The molecule has 3 N–H and O–H groups in total. The van der Waals surface area contributed by atoms with Gasteiger partial charge < -0.3 is 20.5 Å². The lowest BCUT2D eigenvalue weighted by atomic mass is 10.1. The Morgan fingerprint density at radius 2 is 2.10 bits per heavy atom. The number of benzene rings is 1. The van der Waals surface area contributed by atoms with E-state index in [1.165, 1.54) is 11.0 Å². The molecule has 1 rings (SSSR count). The van der Waals surface area contributed by atoms with Gasteiger partial charge in [-0.2, -0.15) is 0 Å². The second-order valence-corrected chi connectivity index (χ2v) is 4.51. The molecule has 0 radical (unpaired) electrons. The molecule has 0 saturated carbocycles. The van der Waals surface area contributed by atoms with Crippen molar-refractivity contribution >= 4 is 23.3 Å². The zero-order chi connectivity index (χ0) is 15.1. The molecule has 1 aromatic carbocycles. The fraction of sp³-hybridized carbons (Fsp3) is 0.429. The van der Waals surface area contributed by atoms with Gasteiger partial charge in [-0.05, 0) is 24.6 Å². The highest BCUT2D eigenvalue weighted by Crippen LogP contribution is 2.22. The number of carbonyl (C=O) groups is 2. The first-order valence-corrected chi connectivity index (χ1v) is 6.45. The summed E-state index contributed by atoms with van der Waals surface area (Å²) >= 11 is 0. The number of aromatic carboxylic acids is 1. The third kappa shape index (κ3) is 4.46. The number of ether oxygens (including phenoxy) is 1. The molecule has 6 heteroatoms. The summed E-state index contributed by atoms with van der Waals surface area (Å²) in [6.07, 6.45) is 1.77. The number of nitrogen functional groups attached to an aromatic ring is 1. The van der Waals surface area contributed by atoms with E-state index in [2.05, 4.69) is 0 Å². The number of hydrogen-bond donors (Lipinski definition) is 2. The summed E-state index contributed by atoms with van der Waals surface area (Å²) in [5.41, 5.74) is 6.43. The normalized spacial score (nSPS) is 10.1. The van der Waals surface area contributed by atoms with Crippen LogP contribution in [-0.4, -0.2) is 37.2 Å². The number of esters is 1. The van der Waals surface area contributed by atoms with Crippen molar-refractivity contribution in [2.24, 2.45) is 0 Å². The molecular formula is C14H20N2O4. The Hall–Kier alpha value is -2.24. The van der Waals surface area contributed by atoms with Crippen LogP contribution in [0.15, 0.2) is 18.2 Å². The molecule has 0 bridgehead atoms. The van der Waals surface area contributed by atoms with E-state index in [1.54, 1.807) is 19.2 Å². The Bertz CT molecular complexity index is 488. The van der Waals surface area contributed by atoms with Crippen LogP contribution in [0.3, 0.4) is 0 Å². The number of carboxylic acid groups (broad SMARTS) is 1. The standard InChI is InChI=1S/C14H20N2O4/c1-3-4-7-20-13(17)9-16(2)12-6-5-10(15)8-11(12)14(18)19/h5-6,8H,3-4,7,9,15H2,1-2H3,(H,18,19). The first-order chi connectivity index (χ1) is 9.45. The van der Waals surface area contributed by atoms with Gasteiger partial charge in [0.05, 0.1) is 17.9 Å². The summed E-state index contributed by atoms with van der Waals surface area (Å²) in [7, 11) is 1.64. The maximum absolute atomic E-state index is 11.6. The van der Waals surface area contributed by atoms with Crippen LogP contribution in [0, 0.1) is 0 Å². The SMILES string of the molecule is CCCCOC(=O)CN(C)c1ccc(N)cc1C(=O)O. The van der Waals surface area contributed by atoms with Crippen molar-refractivity contribution in [3.63, 3.8) is 0 Å². The van der Waals surface area contributed by atoms with Gasteiger partial charge in [-0.3, -0.25) is 4.79 Å². The van der Waals surface area contributed by atoms with Crippen molar-refractivity contribution in [3.05, 3.63) is 23.8 Å². The average molecular weight is 280 g/mol. The van der Waals surface area contributed by atoms with Crippen molar-refractivity contribution < 1.29 is 19.4 Å². The largest absolute Gasteiger partial charge is 0.478 e. The van der Waals surface area contributed by atoms with E-state index >= 15 is 0 Å². The topological polar surface area (TPSA) is 92.9 Å². The van der Waals surface area contributed by atoms with Crippen molar-refractivity contribution in [2.75, 3.05) is 30.8 Å². The van der Waals surface area contributed by atoms with E-state index in [0.717, 1.165) is 12.8 Å². The molecule has 110 valence electrons. The van der Waals surface area contributed by atoms with Crippen LogP contribution in [-0.2, 0) is 9.53 Å². The Balaban J connectivity index is 2.74. The average Bonchev–Trinajstić information content (AvgIpc) is 2.38. The zero-order valence-electron chi connectivity index (χ0n) is 11.8. The maximum atomic E-state index is 11.6. The highest BCUT2D eigenvalue weighted by Gasteiger charge is 2.16. The number of carboxylic acids is 1. The fourth-order valence-electron chi connectivity index (χ4n) is 1.71. The molecule has 6 nitrogen and oxygen atoms in total. The first-order valence-electron chi connectivity index (χ1n) is 6.45. The third-order valence-corrected chi connectivity index (χ3v) is 2.79. The van der Waals surface area contributed by atoms with Crippen molar-refractivity contribution in [1.29, 1.82) is 0 Å². The molecule has 0 unspecified atom stereocenters. The van der Waals surface area contributed by atoms with Crippen LogP contribution in [0.2, 0.25) is 0 Å². The first kappa shape index (κ1) is 15.8. The van der Waals surface area contributed by atoms with Crippen LogP contribution < -0.4 is 10.6 Å². The van der Waals surface area contributed by atoms with Crippen LogP contribution in [0.4, 0.5) is 11.4 Å². The lowest BCUT2D eigenvalue weighted by Crippen LogP contribution is -2.28. The predicted molar refractivity (Wildman–Crippen MR) is 77.0 cm³/mol. The zero-order valence-corrected chi connectivity index (χ0v) is 11.8. The summed E-state index contributed by atoms with van der Waals surface area (Å²) in [6.45, 7) is 2.39. The predicted octanol–water partition coefficient (Wildman–Crippen LogP) is 1.75. The molecule has 0 atom stereocenters. The lowest BCUT2D eigenvalue weighted by molar-refractivity contribution is -0.142. The number of carbonyl (C=O) groups excluding carboxylic acids is 1. The molecule has 0 aliphatic carbocycles. The highest BCUT2D eigenvalue weighted by molar-refractivity contribution is 5.96. The number of hydrogen-bond acceptors (Lipinski definition) is 5. The Labute approximate surface area is 118 Å². The van der Waals surface area contributed by atoms with Gasteiger partial charge in [-0.1, -0.05) is 13.3 Å². The molecule has 0 spiro atoms. The Morgan fingerprint density at radius 1 is 1.40 bits per heavy atom. The van der Waals surface area contributed by atoms with E-state index < -0.39 is 5.97 Å². The summed E-state index contributed by atoms with van der Waals surface area (Å²) < 4.78 is 5.05. The van der Waals surface area contributed by atoms with Crippen LogP contribution in [0.5, 0.6) is 0 Å². The molecule has 0 aliphatic heterocycles.